The highest BCUT2D eigenvalue weighted by atomic mass is 32.1. The van der Waals surface area contributed by atoms with Gasteiger partial charge in [0.1, 0.15) is 5.69 Å². The smallest absolute Gasteiger partial charge is 0.269 e. The van der Waals surface area contributed by atoms with Gasteiger partial charge in [-0.1, -0.05) is 41.5 Å². The van der Waals surface area contributed by atoms with Gasteiger partial charge in [-0.15, -0.1) is 11.3 Å². The number of fused-ring (bicyclic) bond motifs is 2. The van der Waals surface area contributed by atoms with E-state index in [9.17, 15) is 4.79 Å². The predicted molar refractivity (Wildman–Crippen MR) is 116 cm³/mol. The molecule has 0 unspecified atom stereocenters. The first-order valence-electron chi connectivity index (χ1n) is 10.1. The molecule has 0 aromatic carbocycles. The van der Waals surface area contributed by atoms with Gasteiger partial charge in [-0.2, -0.15) is 5.10 Å². The van der Waals surface area contributed by atoms with Crippen LogP contribution in [-0.4, -0.2) is 33.8 Å². The van der Waals surface area contributed by atoms with Crippen LogP contribution in [0.1, 0.15) is 73.3 Å². The first kappa shape index (κ1) is 25.3. The number of nitrogens with zero attached hydrogens (tertiary/aromatic N) is 3. The van der Waals surface area contributed by atoms with Crippen molar-refractivity contribution < 1.29 is 4.79 Å². The Kier molecular flexibility index (Phi) is 13.4. The summed E-state index contributed by atoms with van der Waals surface area (Å²) in [6, 6.07) is 1.80. The van der Waals surface area contributed by atoms with E-state index >= 15 is 0 Å². The quantitative estimate of drug-likeness (QED) is 0.704. The molecule has 2 aromatic heterocycles. The third kappa shape index (κ3) is 7.81. The molecule has 0 atom stereocenters. The summed E-state index contributed by atoms with van der Waals surface area (Å²) in [6.07, 6.45) is 1.11. The molecule has 0 aliphatic carbocycles. The number of nitrogens with one attached hydrogen (secondary N) is 2. The lowest BCUT2D eigenvalue weighted by Crippen LogP contribution is -2.35. The molecule has 0 radical (unpaired) electrons. The predicted octanol–water partition coefficient (Wildman–Crippen LogP) is 4.11. The third-order valence-corrected chi connectivity index (χ3v) is 4.47. The minimum absolute atomic E-state index is 0.0168. The maximum Gasteiger partial charge on any atom is 0.269 e. The Morgan fingerprint density at radius 1 is 1.07 bits per heavy atom. The first-order chi connectivity index (χ1) is 13.1. The third-order valence-electron chi connectivity index (χ3n) is 3.45. The molecule has 4 heterocycles. The highest BCUT2D eigenvalue weighted by molar-refractivity contribution is 7.11. The minimum atomic E-state index is -0.0168. The molecule has 0 bridgehead atoms. The molecule has 2 N–H and O–H groups in total. The van der Waals surface area contributed by atoms with Crippen LogP contribution >= 0.6 is 11.3 Å². The summed E-state index contributed by atoms with van der Waals surface area (Å²) >= 11 is 1.82. The first-order valence-corrected chi connectivity index (χ1v) is 10.9. The van der Waals surface area contributed by atoms with Crippen molar-refractivity contribution in [1.29, 1.82) is 0 Å². The Labute approximate surface area is 168 Å². The second-order valence-corrected chi connectivity index (χ2v) is 6.47. The van der Waals surface area contributed by atoms with Crippen LogP contribution in [-0.2, 0) is 19.5 Å². The average molecular weight is 396 g/mol. The van der Waals surface area contributed by atoms with Crippen LogP contribution in [0, 0.1) is 13.8 Å². The van der Waals surface area contributed by atoms with Crippen LogP contribution in [0.5, 0.6) is 0 Å². The summed E-state index contributed by atoms with van der Waals surface area (Å²) in [5.41, 5.74) is 2.90. The van der Waals surface area contributed by atoms with E-state index in [2.05, 4.69) is 27.6 Å². The average Bonchev–Trinajstić information content (AvgIpc) is 3.29. The molecule has 27 heavy (non-hydrogen) atoms. The van der Waals surface area contributed by atoms with E-state index in [1.165, 1.54) is 15.6 Å². The molecule has 0 spiro atoms. The van der Waals surface area contributed by atoms with E-state index in [0.717, 1.165) is 31.7 Å². The standard InChI is InChI=1S/C7H9N3O.C7H10N2S.3C2H6/c1-5-4-6-7(11)8-2-3-10(6)9-5;1-5-9-6-2-3-8-4-7(6)10-5;3*1-2/h4H,2-3H2,1H3,(H,8,11);8H,2-4H2,1H3;3*1-2H3. The fourth-order valence-electron chi connectivity index (χ4n) is 2.52. The van der Waals surface area contributed by atoms with Crippen molar-refractivity contribution in [2.45, 2.75) is 74.9 Å². The van der Waals surface area contributed by atoms with Gasteiger partial charge in [-0.25, -0.2) is 4.98 Å². The minimum Gasteiger partial charge on any atom is -0.349 e. The SMILES string of the molecule is CC.CC.CC.Cc1cc2n(n1)CCNC2=O.Cc1nc2c(s1)CNCC2. The van der Waals surface area contributed by atoms with Gasteiger partial charge in [0.25, 0.3) is 5.91 Å². The van der Waals surface area contributed by atoms with Gasteiger partial charge in [0.2, 0.25) is 0 Å². The molecular formula is C20H37N5OS. The van der Waals surface area contributed by atoms with Crippen molar-refractivity contribution in [2.75, 3.05) is 13.1 Å². The molecule has 0 fully saturated rings. The molecule has 0 saturated heterocycles. The van der Waals surface area contributed by atoms with E-state index in [1.807, 2.05) is 59.8 Å². The van der Waals surface area contributed by atoms with Crippen molar-refractivity contribution in [2.24, 2.45) is 0 Å². The van der Waals surface area contributed by atoms with E-state index in [1.54, 1.807) is 10.7 Å². The van der Waals surface area contributed by atoms with Crippen molar-refractivity contribution in [1.82, 2.24) is 25.4 Å². The van der Waals surface area contributed by atoms with Crippen molar-refractivity contribution >= 4 is 17.2 Å². The van der Waals surface area contributed by atoms with Gasteiger partial charge in [-0.3, -0.25) is 9.48 Å². The number of thiazole rings is 1. The van der Waals surface area contributed by atoms with Gasteiger partial charge in [-0.05, 0) is 19.9 Å². The maximum absolute atomic E-state index is 11.1. The number of aromatic nitrogens is 3. The number of carbonyl (C=O) groups excluding carboxylic acids is 1. The van der Waals surface area contributed by atoms with Gasteiger partial charge < -0.3 is 10.6 Å². The normalized spacial score (nSPS) is 13.4. The number of hydrogen-bond donors (Lipinski definition) is 2. The lowest BCUT2D eigenvalue weighted by atomic mass is 10.2. The van der Waals surface area contributed by atoms with Crippen molar-refractivity contribution in [3.8, 4) is 0 Å². The van der Waals surface area contributed by atoms with Crippen molar-refractivity contribution in [3.05, 3.63) is 33.0 Å². The molecule has 7 heteroatoms. The molecular weight excluding hydrogens is 358 g/mol. The van der Waals surface area contributed by atoms with Crippen LogP contribution < -0.4 is 10.6 Å². The Hall–Kier alpha value is -1.73. The number of carbonyl (C=O) groups is 1. The molecule has 2 aliphatic rings. The van der Waals surface area contributed by atoms with Crippen molar-refractivity contribution in [3.63, 3.8) is 0 Å². The Balaban J connectivity index is 0.000000394. The summed E-state index contributed by atoms with van der Waals surface area (Å²) in [5, 5.41) is 11.4. The summed E-state index contributed by atoms with van der Waals surface area (Å²) in [6.45, 7) is 19.6. The van der Waals surface area contributed by atoms with Crippen LogP contribution in [0.4, 0.5) is 0 Å². The van der Waals surface area contributed by atoms with Crippen LogP contribution in [0.2, 0.25) is 0 Å². The molecule has 4 rings (SSSR count). The maximum atomic E-state index is 11.1. The lowest BCUT2D eigenvalue weighted by Gasteiger charge is -2.13. The zero-order valence-electron chi connectivity index (χ0n) is 18.3. The Bertz CT molecular complexity index is 640. The Morgan fingerprint density at radius 2 is 1.74 bits per heavy atom. The fraction of sp³-hybridized carbons (Fsp3) is 0.650. The summed E-state index contributed by atoms with van der Waals surface area (Å²) in [7, 11) is 0. The van der Waals surface area contributed by atoms with Crippen LogP contribution in [0.3, 0.4) is 0 Å². The van der Waals surface area contributed by atoms with Gasteiger partial charge in [0.05, 0.1) is 22.9 Å². The van der Waals surface area contributed by atoms with Gasteiger partial charge >= 0.3 is 0 Å². The molecule has 0 saturated carbocycles. The van der Waals surface area contributed by atoms with Crippen LogP contribution in [0.25, 0.3) is 0 Å². The largest absolute Gasteiger partial charge is 0.349 e. The zero-order valence-corrected chi connectivity index (χ0v) is 19.1. The second kappa shape index (κ2) is 14.3. The van der Waals surface area contributed by atoms with E-state index in [4.69, 9.17) is 0 Å². The molecule has 154 valence electrons. The van der Waals surface area contributed by atoms with E-state index < -0.39 is 0 Å². The van der Waals surface area contributed by atoms with Gasteiger partial charge in [0.15, 0.2) is 0 Å². The number of hydrogen-bond acceptors (Lipinski definition) is 5. The summed E-state index contributed by atoms with van der Waals surface area (Å²) < 4.78 is 1.74. The fourth-order valence-corrected chi connectivity index (χ4v) is 3.47. The highest BCUT2D eigenvalue weighted by Crippen LogP contribution is 2.20. The molecule has 2 aliphatic heterocycles. The van der Waals surface area contributed by atoms with Crippen LogP contribution in [0.15, 0.2) is 6.07 Å². The van der Waals surface area contributed by atoms with E-state index in [-0.39, 0.29) is 5.91 Å². The zero-order chi connectivity index (χ0) is 20.8. The molecule has 6 nitrogen and oxygen atoms in total. The number of amides is 1. The van der Waals surface area contributed by atoms with E-state index in [0.29, 0.717) is 12.2 Å². The highest BCUT2D eigenvalue weighted by Gasteiger charge is 2.17. The lowest BCUT2D eigenvalue weighted by molar-refractivity contribution is 0.0924. The Morgan fingerprint density at radius 3 is 2.33 bits per heavy atom. The monoisotopic (exact) mass is 395 g/mol. The van der Waals surface area contributed by atoms with Gasteiger partial charge in [0, 0.05) is 30.9 Å². The second-order valence-electron chi connectivity index (χ2n) is 5.18. The summed E-state index contributed by atoms with van der Waals surface area (Å²) in [4.78, 5) is 17.0. The number of rotatable bonds is 0. The molecule has 2 aromatic rings. The molecule has 1 amide bonds. The number of aryl methyl sites for hydroxylation is 2. The topological polar surface area (TPSA) is 71.8 Å². The summed E-state index contributed by atoms with van der Waals surface area (Å²) in [5.74, 6) is -0.0168.